The van der Waals surface area contributed by atoms with Crippen molar-refractivity contribution in [1.29, 1.82) is 0 Å². The highest BCUT2D eigenvalue weighted by atomic mass is 79.9. The van der Waals surface area contributed by atoms with E-state index >= 15 is 0 Å². The van der Waals surface area contributed by atoms with E-state index in [0.717, 1.165) is 17.8 Å². The van der Waals surface area contributed by atoms with Gasteiger partial charge >= 0.3 is 10.1 Å². The van der Waals surface area contributed by atoms with Crippen LogP contribution in [0.15, 0.2) is 79.9 Å². The van der Waals surface area contributed by atoms with Crippen molar-refractivity contribution in [2.75, 3.05) is 6.61 Å². The molecule has 10 nitrogen and oxygen atoms in total. The van der Waals surface area contributed by atoms with Gasteiger partial charge in [-0.05, 0) is 88.7 Å². The Morgan fingerprint density at radius 3 is 2.61 bits per heavy atom. The number of rotatable bonds is 8. The molecule has 0 radical (unpaired) electrons. The summed E-state index contributed by atoms with van der Waals surface area (Å²) in [6.07, 6.45) is 1.59. The Morgan fingerprint density at radius 2 is 1.92 bits per heavy atom. The third kappa shape index (κ3) is 6.54. The van der Waals surface area contributed by atoms with Gasteiger partial charge in [0.1, 0.15) is 4.90 Å². The summed E-state index contributed by atoms with van der Waals surface area (Å²) in [6, 6.07) is 14.4. The van der Waals surface area contributed by atoms with E-state index in [-0.39, 0.29) is 28.5 Å². The summed E-state index contributed by atoms with van der Waals surface area (Å²) in [5.74, 6) is -0.416. The molecule has 0 bridgehead atoms. The summed E-state index contributed by atoms with van der Waals surface area (Å²) < 4.78 is 36.9. The van der Waals surface area contributed by atoms with Crippen molar-refractivity contribution in [3.8, 4) is 11.5 Å². The van der Waals surface area contributed by atoms with Crippen molar-refractivity contribution in [3.63, 3.8) is 0 Å². The molecule has 196 valence electrons. The van der Waals surface area contributed by atoms with Crippen LogP contribution >= 0.6 is 39.3 Å². The number of thioether (sulfide) groups is 1. The maximum Gasteiger partial charge on any atom is 0.339 e. The molecule has 0 unspecified atom stereocenters. The van der Waals surface area contributed by atoms with Crippen LogP contribution in [-0.2, 0) is 14.9 Å². The molecule has 1 aliphatic heterocycles. The first-order valence-corrected chi connectivity index (χ1v) is 14.2. The van der Waals surface area contributed by atoms with Gasteiger partial charge in [-0.3, -0.25) is 14.9 Å². The molecular weight excluding hydrogens is 622 g/mol. The van der Waals surface area contributed by atoms with Crippen molar-refractivity contribution in [3.05, 3.63) is 90.7 Å². The molecule has 4 rings (SSSR count). The molecule has 1 heterocycles. The lowest BCUT2D eigenvalue weighted by Crippen LogP contribution is -2.19. The molecule has 0 spiro atoms. The Labute approximate surface area is 235 Å². The van der Waals surface area contributed by atoms with Gasteiger partial charge < -0.3 is 14.2 Å². The second-order valence-electron chi connectivity index (χ2n) is 7.51. The SMILES string of the molecule is CCOc1cc(/C=C2\SC(=Nc3ccc(Cl)cc3)NC2=O)cc(Br)c1OS(=O)(=O)c1cccc([N+](=O)[O-])c1. The Kier molecular flexibility index (Phi) is 8.41. The number of hydrogen-bond donors (Lipinski definition) is 1. The van der Waals surface area contributed by atoms with Gasteiger partial charge in [-0.1, -0.05) is 17.7 Å². The molecule has 3 aromatic carbocycles. The summed E-state index contributed by atoms with van der Waals surface area (Å²) in [7, 11) is -4.44. The topological polar surface area (TPSA) is 137 Å². The highest BCUT2D eigenvalue weighted by Gasteiger charge is 2.26. The molecule has 0 saturated carbocycles. The zero-order valence-corrected chi connectivity index (χ0v) is 23.4. The zero-order valence-electron chi connectivity index (χ0n) is 19.4. The highest BCUT2D eigenvalue weighted by molar-refractivity contribution is 9.10. The molecule has 0 aromatic heterocycles. The number of nitrogens with one attached hydrogen (secondary N) is 1. The van der Waals surface area contributed by atoms with Crippen LogP contribution in [0.2, 0.25) is 5.02 Å². The predicted octanol–water partition coefficient (Wildman–Crippen LogP) is 6.07. The monoisotopic (exact) mass is 637 g/mol. The van der Waals surface area contributed by atoms with Crippen LogP contribution in [0.1, 0.15) is 12.5 Å². The van der Waals surface area contributed by atoms with Crippen molar-refractivity contribution in [2.24, 2.45) is 4.99 Å². The van der Waals surface area contributed by atoms with Crippen LogP contribution in [0.25, 0.3) is 6.08 Å². The number of ether oxygens (including phenoxy) is 1. The Balaban J connectivity index is 1.63. The average molecular weight is 639 g/mol. The second-order valence-corrected chi connectivity index (χ2v) is 11.4. The number of amidine groups is 1. The van der Waals surface area contributed by atoms with Crippen LogP contribution in [0.3, 0.4) is 0 Å². The molecule has 0 aliphatic carbocycles. The molecule has 1 amide bonds. The fraction of sp³-hybridized carbons (Fsp3) is 0.0833. The van der Waals surface area contributed by atoms with E-state index in [9.17, 15) is 23.3 Å². The van der Waals surface area contributed by atoms with E-state index in [1.54, 1.807) is 43.3 Å². The van der Waals surface area contributed by atoms with Gasteiger partial charge in [0.25, 0.3) is 11.6 Å². The maximum absolute atomic E-state index is 12.9. The van der Waals surface area contributed by atoms with Crippen molar-refractivity contribution < 1.29 is 27.1 Å². The van der Waals surface area contributed by atoms with Gasteiger partial charge in [0.05, 0.1) is 26.6 Å². The van der Waals surface area contributed by atoms with E-state index < -0.39 is 25.6 Å². The fourth-order valence-electron chi connectivity index (χ4n) is 3.19. The second kappa shape index (κ2) is 11.6. The van der Waals surface area contributed by atoms with Gasteiger partial charge in [0.15, 0.2) is 16.7 Å². The lowest BCUT2D eigenvalue weighted by Gasteiger charge is -2.14. The zero-order chi connectivity index (χ0) is 27.4. The quantitative estimate of drug-likeness (QED) is 0.136. The first kappa shape index (κ1) is 27.6. The molecular formula is C24H17BrClN3O7S2. The Morgan fingerprint density at radius 1 is 1.18 bits per heavy atom. The van der Waals surface area contributed by atoms with E-state index in [1.807, 2.05) is 0 Å². The van der Waals surface area contributed by atoms with Crippen LogP contribution in [0.4, 0.5) is 11.4 Å². The minimum Gasteiger partial charge on any atom is -0.490 e. The Hall–Kier alpha value is -3.39. The third-order valence-electron chi connectivity index (χ3n) is 4.85. The number of amides is 1. The number of hydrogen-bond acceptors (Lipinski definition) is 9. The lowest BCUT2D eigenvalue weighted by molar-refractivity contribution is -0.385. The predicted molar refractivity (Wildman–Crippen MR) is 148 cm³/mol. The molecule has 1 aliphatic rings. The van der Waals surface area contributed by atoms with Gasteiger partial charge in [0.2, 0.25) is 0 Å². The molecule has 1 saturated heterocycles. The Bertz CT molecular complexity index is 1590. The number of halogens is 2. The van der Waals surface area contributed by atoms with E-state index in [4.69, 9.17) is 20.5 Å². The summed E-state index contributed by atoms with van der Waals surface area (Å²) in [6.45, 7) is 1.89. The number of carbonyl (C=O) groups is 1. The first-order chi connectivity index (χ1) is 18.1. The van der Waals surface area contributed by atoms with Gasteiger partial charge in [0, 0.05) is 17.2 Å². The molecule has 1 N–H and O–H groups in total. The number of nitro groups is 1. The number of benzene rings is 3. The highest BCUT2D eigenvalue weighted by Crippen LogP contribution is 2.40. The number of non-ortho nitro benzene ring substituents is 1. The average Bonchev–Trinajstić information content (AvgIpc) is 3.21. The summed E-state index contributed by atoms with van der Waals surface area (Å²) in [5, 5.41) is 14.7. The van der Waals surface area contributed by atoms with Crippen molar-refractivity contribution >= 4 is 77.9 Å². The molecule has 14 heteroatoms. The summed E-state index contributed by atoms with van der Waals surface area (Å²) in [4.78, 5) is 27.2. The summed E-state index contributed by atoms with van der Waals surface area (Å²) >= 11 is 10.3. The maximum atomic E-state index is 12.9. The third-order valence-corrected chi connectivity index (χ3v) is 7.82. The number of aliphatic imine (C=N–C) groups is 1. The lowest BCUT2D eigenvalue weighted by atomic mass is 10.2. The van der Waals surface area contributed by atoms with E-state index in [1.165, 1.54) is 24.3 Å². The minimum atomic E-state index is -4.44. The van der Waals surface area contributed by atoms with Crippen LogP contribution in [0, 0.1) is 10.1 Å². The molecule has 38 heavy (non-hydrogen) atoms. The van der Waals surface area contributed by atoms with Gasteiger partial charge in [-0.15, -0.1) is 0 Å². The fourth-order valence-corrected chi connectivity index (χ4v) is 5.80. The van der Waals surface area contributed by atoms with Crippen LogP contribution in [0.5, 0.6) is 11.5 Å². The number of nitro benzene ring substituents is 1. The molecule has 0 atom stereocenters. The number of carbonyl (C=O) groups excluding carboxylic acids is 1. The number of nitrogens with zero attached hydrogens (tertiary/aromatic N) is 2. The van der Waals surface area contributed by atoms with Crippen LogP contribution < -0.4 is 14.2 Å². The van der Waals surface area contributed by atoms with Gasteiger partial charge in [-0.2, -0.15) is 8.42 Å². The normalized spacial score (nSPS) is 15.5. The van der Waals surface area contributed by atoms with E-state index in [0.29, 0.717) is 26.3 Å². The minimum absolute atomic E-state index is 0.0844. The largest absolute Gasteiger partial charge is 0.490 e. The smallest absolute Gasteiger partial charge is 0.339 e. The van der Waals surface area contributed by atoms with E-state index in [2.05, 4.69) is 26.2 Å². The van der Waals surface area contributed by atoms with Gasteiger partial charge in [-0.25, -0.2) is 4.99 Å². The summed E-state index contributed by atoms with van der Waals surface area (Å²) in [5.41, 5.74) is 0.740. The molecule has 3 aromatic rings. The van der Waals surface area contributed by atoms with Crippen molar-refractivity contribution in [2.45, 2.75) is 11.8 Å². The molecule has 1 fully saturated rings. The van der Waals surface area contributed by atoms with Crippen LogP contribution in [-0.4, -0.2) is 31.0 Å². The van der Waals surface area contributed by atoms with Crippen molar-refractivity contribution in [1.82, 2.24) is 5.32 Å². The first-order valence-electron chi connectivity index (χ1n) is 10.8. The standard InChI is InChI=1S/C24H17BrClN3O7S2/c1-2-35-20-11-14(12-21-23(30)28-24(37-21)27-16-8-6-15(26)7-9-16)10-19(25)22(20)36-38(33,34)18-5-3-4-17(13-18)29(31)32/h3-13H,2H2,1H3,(H,27,28,30)/b21-12-.